The van der Waals surface area contributed by atoms with Gasteiger partial charge in [0, 0.05) is 24.7 Å². The summed E-state index contributed by atoms with van der Waals surface area (Å²) in [6.45, 7) is 10.3. The highest BCUT2D eigenvalue weighted by Gasteiger charge is 2.59. The van der Waals surface area contributed by atoms with Crippen LogP contribution < -0.4 is 5.32 Å². The Morgan fingerprint density at radius 1 is 1.00 bits per heavy atom. The highest BCUT2D eigenvalue weighted by Crippen LogP contribution is 2.62. The summed E-state index contributed by atoms with van der Waals surface area (Å²) in [6.07, 6.45) is 10.1. The topological polar surface area (TPSA) is 15.3 Å². The Morgan fingerprint density at radius 3 is 2.60 bits per heavy atom. The Labute approximate surface area is 124 Å². The van der Waals surface area contributed by atoms with Crippen LogP contribution in [0.5, 0.6) is 0 Å². The minimum Gasteiger partial charge on any atom is -0.309 e. The van der Waals surface area contributed by atoms with Crippen molar-refractivity contribution in [1.82, 2.24) is 10.2 Å². The minimum absolute atomic E-state index is 0.509. The van der Waals surface area contributed by atoms with E-state index in [4.69, 9.17) is 0 Å². The first-order chi connectivity index (χ1) is 9.51. The van der Waals surface area contributed by atoms with Crippen molar-refractivity contribution < 1.29 is 0 Å². The van der Waals surface area contributed by atoms with E-state index in [0.717, 1.165) is 24.0 Å². The predicted molar refractivity (Wildman–Crippen MR) is 83.8 cm³/mol. The molecule has 0 aromatic heterocycles. The highest BCUT2D eigenvalue weighted by atomic mass is 15.2. The summed E-state index contributed by atoms with van der Waals surface area (Å²) < 4.78 is 0. The van der Waals surface area contributed by atoms with E-state index >= 15 is 0 Å². The fourth-order valence-electron chi connectivity index (χ4n) is 6.37. The molecule has 0 aromatic rings. The van der Waals surface area contributed by atoms with Crippen molar-refractivity contribution >= 4 is 0 Å². The second kappa shape index (κ2) is 4.46. The molecule has 114 valence electrons. The van der Waals surface area contributed by atoms with E-state index in [1.165, 1.54) is 58.0 Å². The van der Waals surface area contributed by atoms with E-state index < -0.39 is 0 Å². The van der Waals surface area contributed by atoms with Gasteiger partial charge in [-0.15, -0.1) is 0 Å². The Balaban J connectivity index is 1.51. The first-order valence-electron chi connectivity index (χ1n) is 9.01. The smallest absolute Gasteiger partial charge is 0.0249 e. The van der Waals surface area contributed by atoms with Crippen LogP contribution in [0, 0.1) is 16.7 Å². The van der Waals surface area contributed by atoms with Gasteiger partial charge in [0.05, 0.1) is 0 Å². The lowest BCUT2D eigenvalue weighted by atomic mass is 9.68. The zero-order valence-corrected chi connectivity index (χ0v) is 13.6. The molecule has 0 radical (unpaired) electrons. The minimum atomic E-state index is 0.509. The maximum absolute atomic E-state index is 4.20. The summed E-state index contributed by atoms with van der Waals surface area (Å²) in [7, 11) is 0. The maximum Gasteiger partial charge on any atom is 0.0249 e. The third-order valence-electron chi connectivity index (χ3n) is 7.51. The molecule has 0 spiro atoms. The summed E-state index contributed by atoms with van der Waals surface area (Å²) >= 11 is 0. The molecule has 5 atom stereocenters. The lowest BCUT2D eigenvalue weighted by Gasteiger charge is -2.46. The van der Waals surface area contributed by atoms with E-state index in [-0.39, 0.29) is 0 Å². The van der Waals surface area contributed by atoms with Gasteiger partial charge in [0.2, 0.25) is 0 Å². The number of fused-ring (bicyclic) bond motifs is 3. The number of hydrogen-bond donors (Lipinski definition) is 1. The first-order valence-corrected chi connectivity index (χ1v) is 9.01. The van der Waals surface area contributed by atoms with Crippen LogP contribution in [-0.4, -0.2) is 36.1 Å². The van der Waals surface area contributed by atoms with Gasteiger partial charge in [-0.05, 0) is 61.8 Å². The number of rotatable bonds is 2. The lowest BCUT2D eigenvalue weighted by molar-refractivity contribution is 0.0859. The number of piperidine rings is 1. The molecule has 2 aliphatic heterocycles. The van der Waals surface area contributed by atoms with Crippen LogP contribution in [0.4, 0.5) is 0 Å². The number of nitrogens with one attached hydrogen (secondary N) is 1. The molecule has 2 nitrogen and oxygen atoms in total. The van der Waals surface area contributed by atoms with Crippen molar-refractivity contribution in [2.45, 2.75) is 83.8 Å². The van der Waals surface area contributed by atoms with Crippen LogP contribution >= 0.6 is 0 Å². The Bertz CT molecular complexity index is 386. The third kappa shape index (κ3) is 1.83. The molecule has 5 unspecified atom stereocenters. The van der Waals surface area contributed by atoms with E-state index in [9.17, 15) is 0 Å². The summed E-state index contributed by atoms with van der Waals surface area (Å²) in [5.74, 6) is 0.967. The fourth-order valence-corrected chi connectivity index (χ4v) is 6.37. The second-order valence-corrected chi connectivity index (χ2v) is 9.01. The van der Waals surface area contributed by atoms with Crippen molar-refractivity contribution in [3.05, 3.63) is 0 Å². The van der Waals surface area contributed by atoms with Crippen molar-refractivity contribution in [3.8, 4) is 0 Å². The van der Waals surface area contributed by atoms with Gasteiger partial charge in [-0.3, -0.25) is 4.90 Å². The summed E-state index contributed by atoms with van der Waals surface area (Å²) in [5.41, 5.74) is 1.09. The summed E-state index contributed by atoms with van der Waals surface area (Å²) in [6, 6.07) is 2.37. The monoisotopic (exact) mass is 276 g/mol. The maximum atomic E-state index is 4.20. The molecule has 0 aromatic carbocycles. The van der Waals surface area contributed by atoms with Gasteiger partial charge in [-0.25, -0.2) is 0 Å². The number of nitrogens with zero attached hydrogens (tertiary/aromatic N) is 1. The Morgan fingerprint density at radius 2 is 1.85 bits per heavy atom. The lowest BCUT2D eigenvalue weighted by Crippen LogP contribution is -2.56. The van der Waals surface area contributed by atoms with Crippen molar-refractivity contribution in [2.24, 2.45) is 16.7 Å². The molecular formula is C18H32N2. The van der Waals surface area contributed by atoms with E-state index in [0.29, 0.717) is 10.8 Å². The highest BCUT2D eigenvalue weighted by molar-refractivity contribution is 5.13. The van der Waals surface area contributed by atoms with Crippen molar-refractivity contribution in [3.63, 3.8) is 0 Å². The average molecular weight is 276 g/mol. The van der Waals surface area contributed by atoms with Crippen LogP contribution in [0.3, 0.4) is 0 Å². The molecule has 2 heterocycles. The quantitative estimate of drug-likeness (QED) is 0.831. The second-order valence-electron chi connectivity index (χ2n) is 9.01. The molecule has 2 saturated heterocycles. The van der Waals surface area contributed by atoms with Crippen LogP contribution in [0.15, 0.2) is 0 Å². The zero-order valence-electron chi connectivity index (χ0n) is 13.6. The van der Waals surface area contributed by atoms with Gasteiger partial charge in [-0.2, -0.15) is 0 Å². The zero-order chi connectivity index (χ0) is 14.0. The molecule has 0 amide bonds. The summed E-state index contributed by atoms with van der Waals surface area (Å²) in [5, 5.41) is 4.20. The van der Waals surface area contributed by atoms with E-state index in [2.05, 4.69) is 31.0 Å². The fraction of sp³-hybridized carbons (Fsp3) is 1.00. The SMILES string of the molecule is CC12CCC(C1)C(C)(C)C2NC1CCN2CCCCC12. The molecule has 2 bridgehead atoms. The molecule has 2 aliphatic carbocycles. The van der Waals surface area contributed by atoms with Crippen LogP contribution in [0.25, 0.3) is 0 Å². The third-order valence-corrected chi connectivity index (χ3v) is 7.51. The van der Waals surface area contributed by atoms with Crippen LogP contribution in [-0.2, 0) is 0 Å². The molecule has 20 heavy (non-hydrogen) atoms. The van der Waals surface area contributed by atoms with Gasteiger partial charge in [0.1, 0.15) is 0 Å². The average Bonchev–Trinajstić information content (AvgIpc) is 3.04. The van der Waals surface area contributed by atoms with Crippen molar-refractivity contribution in [2.75, 3.05) is 13.1 Å². The Hall–Kier alpha value is -0.0800. The summed E-state index contributed by atoms with van der Waals surface area (Å²) in [4.78, 5) is 2.77. The van der Waals surface area contributed by atoms with Gasteiger partial charge in [0.15, 0.2) is 0 Å². The van der Waals surface area contributed by atoms with E-state index in [1.54, 1.807) is 0 Å². The molecule has 1 N–H and O–H groups in total. The van der Waals surface area contributed by atoms with Gasteiger partial charge in [-0.1, -0.05) is 27.2 Å². The normalized spacial score (nSPS) is 50.5. The number of hydrogen-bond acceptors (Lipinski definition) is 2. The van der Waals surface area contributed by atoms with Crippen molar-refractivity contribution in [1.29, 1.82) is 0 Å². The molecular weight excluding hydrogens is 244 g/mol. The molecule has 4 rings (SSSR count). The molecule has 4 fully saturated rings. The standard InChI is InChI=1S/C18H32N2/c1-17(2)13-7-9-18(3,12-13)16(17)19-14-8-11-20-10-5-4-6-15(14)20/h13-16,19H,4-12H2,1-3H3. The largest absolute Gasteiger partial charge is 0.309 e. The van der Waals surface area contributed by atoms with Gasteiger partial charge >= 0.3 is 0 Å². The molecule has 2 heteroatoms. The van der Waals surface area contributed by atoms with Gasteiger partial charge in [0.25, 0.3) is 0 Å². The molecule has 4 aliphatic rings. The van der Waals surface area contributed by atoms with E-state index in [1.807, 2.05) is 0 Å². The molecule has 2 saturated carbocycles. The van der Waals surface area contributed by atoms with Crippen LogP contribution in [0.1, 0.15) is 65.7 Å². The van der Waals surface area contributed by atoms with Crippen LogP contribution in [0.2, 0.25) is 0 Å². The predicted octanol–water partition coefficient (Wildman–Crippen LogP) is 3.42. The first kappa shape index (κ1) is 13.6. The van der Waals surface area contributed by atoms with Gasteiger partial charge < -0.3 is 5.32 Å². The Kier molecular flexibility index (Phi) is 3.03.